The molecule has 0 fully saturated rings. The van der Waals surface area contributed by atoms with Gasteiger partial charge in [0.15, 0.2) is 0 Å². The topological polar surface area (TPSA) is 46.9 Å². The Morgan fingerprint density at radius 1 is 0.767 bits per heavy atom. The zero-order valence-electron chi connectivity index (χ0n) is 22.9. The summed E-state index contributed by atoms with van der Waals surface area (Å²) in [6.45, 7) is 0. The summed E-state index contributed by atoms with van der Waals surface area (Å²) in [6.07, 6.45) is 3.63. The summed E-state index contributed by atoms with van der Waals surface area (Å²) in [5.74, 6) is -1.79. The molecule has 43 heavy (non-hydrogen) atoms. The second-order valence-corrected chi connectivity index (χ2v) is 10.3. The number of hydrogen-bond acceptors (Lipinski definition) is 2. The maximum Gasteiger partial charge on any atom is 0.239 e. The number of benzene rings is 5. The summed E-state index contributed by atoms with van der Waals surface area (Å²) in [4.78, 5) is 12.1. The summed E-state index contributed by atoms with van der Waals surface area (Å²) in [6, 6.07) is 39.0. The van der Waals surface area contributed by atoms with E-state index in [-0.39, 0.29) is 17.4 Å². The van der Waals surface area contributed by atoms with Crippen LogP contribution in [-0.2, 0) is 10.3 Å². The molecule has 0 aliphatic carbocycles. The number of aromatic nitrogens is 2. The van der Waals surface area contributed by atoms with Gasteiger partial charge in [-0.1, -0.05) is 109 Å². The zero-order valence-corrected chi connectivity index (χ0v) is 23.7. The highest BCUT2D eigenvalue weighted by molar-refractivity contribution is 6.29. The van der Waals surface area contributed by atoms with Gasteiger partial charge in [-0.3, -0.25) is 4.79 Å². The van der Waals surface area contributed by atoms with E-state index in [1.807, 2.05) is 108 Å². The Bertz CT molecular complexity index is 1810. The van der Waals surface area contributed by atoms with Gasteiger partial charge in [-0.25, -0.2) is 13.5 Å². The predicted octanol–water partition coefficient (Wildman–Crippen LogP) is 8.50. The Hall–Kier alpha value is -5.07. The number of nitrogens with zero attached hydrogens (tertiary/aromatic N) is 2. The van der Waals surface area contributed by atoms with Gasteiger partial charge in [-0.15, -0.1) is 11.6 Å². The summed E-state index contributed by atoms with van der Waals surface area (Å²) in [5, 5.41) is 8.32. The molecule has 1 heterocycles. The van der Waals surface area contributed by atoms with Gasteiger partial charge < -0.3 is 5.32 Å². The van der Waals surface area contributed by atoms with Crippen LogP contribution in [-0.4, -0.2) is 21.6 Å². The Balaban J connectivity index is 1.70. The van der Waals surface area contributed by atoms with E-state index >= 15 is 4.39 Å². The van der Waals surface area contributed by atoms with E-state index in [0.29, 0.717) is 16.6 Å². The molecule has 7 heteroatoms. The lowest BCUT2D eigenvalue weighted by molar-refractivity contribution is -0.113. The van der Waals surface area contributed by atoms with Crippen LogP contribution in [0, 0.1) is 11.6 Å². The van der Waals surface area contributed by atoms with Gasteiger partial charge in [-0.05, 0) is 46.5 Å². The smallest absolute Gasteiger partial charge is 0.239 e. The number of hydrogen-bond donors (Lipinski definition) is 1. The molecular weight excluding hydrogens is 564 g/mol. The fraction of sp³-hybridized carbons (Fsp3) is 0.0556. The lowest BCUT2D eigenvalue weighted by atomic mass is 9.77. The molecular formula is C36H26ClF2N3O. The lowest BCUT2D eigenvalue weighted by Crippen LogP contribution is -2.38. The number of rotatable bonds is 8. The second-order valence-electron chi connectivity index (χ2n) is 10.0. The molecule has 0 radical (unpaired) electrons. The monoisotopic (exact) mass is 589 g/mol. The van der Waals surface area contributed by atoms with Crippen LogP contribution >= 0.6 is 11.6 Å². The van der Waals surface area contributed by atoms with E-state index in [4.69, 9.17) is 16.7 Å². The van der Waals surface area contributed by atoms with Crippen molar-refractivity contribution < 1.29 is 13.6 Å². The predicted molar refractivity (Wildman–Crippen MR) is 169 cm³/mol. The minimum atomic E-state index is -1.00. The lowest BCUT2D eigenvalue weighted by Gasteiger charge is -2.37. The van der Waals surface area contributed by atoms with Crippen molar-refractivity contribution >= 4 is 46.3 Å². The Morgan fingerprint density at radius 3 is 1.81 bits per heavy atom. The molecule has 212 valence electrons. The molecule has 0 saturated heterocycles. The van der Waals surface area contributed by atoms with Gasteiger partial charge in [0.1, 0.15) is 23.1 Å². The van der Waals surface area contributed by atoms with E-state index in [1.165, 1.54) is 18.2 Å². The largest absolute Gasteiger partial charge is 0.323 e. The minimum absolute atomic E-state index is 0.00105. The van der Waals surface area contributed by atoms with E-state index < -0.39 is 17.3 Å². The molecule has 6 aromatic rings. The van der Waals surface area contributed by atoms with Gasteiger partial charge in [0, 0.05) is 11.5 Å². The highest BCUT2D eigenvalue weighted by atomic mass is 35.5. The maximum atomic E-state index is 15.7. The van der Waals surface area contributed by atoms with Gasteiger partial charge in [0.05, 0.1) is 16.9 Å². The van der Waals surface area contributed by atoms with E-state index in [1.54, 1.807) is 18.2 Å². The van der Waals surface area contributed by atoms with Crippen molar-refractivity contribution in [1.82, 2.24) is 9.78 Å². The number of carbonyl (C=O) groups is 1. The van der Waals surface area contributed by atoms with Crippen LogP contribution in [0.15, 0.2) is 127 Å². The zero-order chi connectivity index (χ0) is 29.8. The molecule has 0 saturated carbocycles. The fourth-order valence-electron chi connectivity index (χ4n) is 5.47. The normalized spacial score (nSPS) is 11.7. The molecule has 0 aliphatic rings. The van der Waals surface area contributed by atoms with Crippen LogP contribution in [0.25, 0.3) is 23.1 Å². The number of alkyl halides is 1. The highest BCUT2D eigenvalue weighted by Gasteiger charge is 2.41. The molecule has 0 spiro atoms. The maximum absolute atomic E-state index is 15.7. The van der Waals surface area contributed by atoms with Gasteiger partial charge in [0.2, 0.25) is 5.91 Å². The van der Waals surface area contributed by atoms with Gasteiger partial charge >= 0.3 is 0 Å². The van der Waals surface area contributed by atoms with Crippen molar-refractivity contribution in [2.45, 2.75) is 5.54 Å². The third-order valence-corrected chi connectivity index (χ3v) is 7.63. The first-order valence-corrected chi connectivity index (χ1v) is 14.2. The van der Waals surface area contributed by atoms with Gasteiger partial charge in [-0.2, -0.15) is 5.10 Å². The highest BCUT2D eigenvalue weighted by Crippen LogP contribution is 2.43. The second kappa shape index (κ2) is 12.0. The molecule has 6 rings (SSSR count). The van der Waals surface area contributed by atoms with Crippen molar-refractivity contribution in [2.75, 3.05) is 11.2 Å². The van der Waals surface area contributed by atoms with Gasteiger partial charge in [0.25, 0.3) is 0 Å². The first-order valence-electron chi connectivity index (χ1n) is 13.7. The molecule has 0 bridgehead atoms. The summed E-state index contributed by atoms with van der Waals surface area (Å²) < 4.78 is 31.2. The average Bonchev–Trinajstić information content (AvgIpc) is 3.39. The minimum Gasteiger partial charge on any atom is -0.323 e. The molecule has 0 aliphatic heterocycles. The number of amides is 1. The fourth-order valence-corrected chi connectivity index (χ4v) is 5.54. The van der Waals surface area contributed by atoms with E-state index in [9.17, 15) is 9.18 Å². The average molecular weight is 590 g/mol. The van der Waals surface area contributed by atoms with Crippen LogP contribution in [0.4, 0.5) is 14.5 Å². The first kappa shape index (κ1) is 28.1. The summed E-state index contributed by atoms with van der Waals surface area (Å²) >= 11 is 5.71. The van der Waals surface area contributed by atoms with E-state index in [0.717, 1.165) is 22.3 Å². The molecule has 1 N–H and O–H groups in total. The third kappa shape index (κ3) is 5.33. The molecule has 0 atom stereocenters. The Labute approximate surface area is 252 Å². The molecule has 0 unspecified atom stereocenters. The molecule has 1 amide bonds. The van der Waals surface area contributed by atoms with Crippen LogP contribution in [0.1, 0.15) is 27.9 Å². The quantitative estimate of drug-likeness (QED) is 0.143. The van der Waals surface area contributed by atoms with Crippen molar-refractivity contribution in [3.8, 4) is 0 Å². The number of fused-ring (bicyclic) bond motifs is 1. The first-order chi connectivity index (χ1) is 21.0. The van der Waals surface area contributed by atoms with Crippen molar-refractivity contribution in [2.24, 2.45) is 0 Å². The summed E-state index contributed by atoms with van der Waals surface area (Å²) in [7, 11) is 0. The molecule has 4 nitrogen and oxygen atoms in total. The van der Waals surface area contributed by atoms with Crippen LogP contribution < -0.4 is 5.32 Å². The standard InChI is InChI=1S/C36H26ClF2N3O/c37-24-35(43)40-33-22-30-32(21-18-25-16-19-29(38)20-17-25)41-42(34(30)23-31(33)39)36(26-10-4-1-5-11-26,27-12-6-2-7-13-27)28-14-8-3-9-15-28/h1-23H,24H2,(H,40,43)/b21-18+. The van der Waals surface area contributed by atoms with Crippen molar-refractivity contribution in [3.63, 3.8) is 0 Å². The number of anilines is 1. The number of nitrogens with one attached hydrogen (secondary N) is 1. The summed E-state index contributed by atoms with van der Waals surface area (Å²) in [5.41, 5.74) is 3.57. The van der Waals surface area contributed by atoms with Crippen molar-refractivity contribution in [3.05, 3.63) is 167 Å². The number of halogens is 3. The van der Waals surface area contributed by atoms with Crippen molar-refractivity contribution in [1.29, 1.82) is 0 Å². The Kier molecular flexibility index (Phi) is 7.86. The van der Waals surface area contributed by atoms with E-state index in [2.05, 4.69) is 5.32 Å². The van der Waals surface area contributed by atoms with Crippen LogP contribution in [0.2, 0.25) is 0 Å². The molecule has 1 aromatic heterocycles. The van der Waals surface area contributed by atoms with Crippen LogP contribution in [0.5, 0.6) is 0 Å². The number of carbonyl (C=O) groups excluding carboxylic acids is 1. The Morgan fingerprint density at radius 2 is 1.30 bits per heavy atom. The van der Waals surface area contributed by atoms with Crippen LogP contribution in [0.3, 0.4) is 0 Å². The SMILES string of the molecule is O=C(CCl)Nc1cc2c(/C=C/c3ccc(F)cc3)nn(C(c3ccccc3)(c3ccccc3)c3ccccc3)c2cc1F. The third-order valence-electron chi connectivity index (χ3n) is 7.39. The molecule has 5 aromatic carbocycles.